The van der Waals surface area contributed by atoms with Crippen LogP contribution >= 0.6 is 43.5 Å². The summed E-state index contributed by atoms with van der Waals surface area (Å²) < 4.78 is 3.64. The lowest BCUT2D eigenvalue weighted by Crippen LogP contribution is -1.99. The molecular formula is C9H6Br2ClN3. The van der Waals surface area contributed by atoms with Crippen molar-refractivity contribution in [2.75, 3.05) is 0 Å². The van der Waals surface area contributed by atoms with Gasteiger partial charge in [0.1, 0.15) is 5.82 Å². The molecule has 78 valence electrons. The highest BCUT2D eigenvalue weighted by molar-refractivity contribution is 9.11. The van der Waals surface area contributed by atoms with Crippen LogP contribution < -0.4 is 0 Å². The van der Waals surface area contributed by atoms with E-state index < -0.39 is 0 Å². The standard InChI is InChI=1S/C9H6Br2ClN3/c1-5-13-14-9(12)15(5)8-6(10)3-2-4-7(8)11/h2-4H,1H3. The van der Waals surface area contributed by atoms with Gasteiger partial charge in [-0.1, -0.05) is 6.07 Å². The van der Waals surface area contributed by atoms with Crippen LogP contribution in [0.25, 0.3) is 5.69 Å². The normalized spacial score (nSPS) is 10.7. The molecule has 6 heteroatoms. The molecule has 1 heterocycles. The van der Waals surface area contributed by atoms with E-state index in [0.29, 0.717) is 5.28 Å². The molecule has 0 unspecified atom stereocenters. The van der Waals surface area contributed by atoms with E-state index in [2.05, 4.69) is 42.1 Å². The average Bonchev–Trinajstić information content (AvgIpc) is 2.49. The van der Waals surface area contributed by atoms with Crippen LogP contribution in [0.3, 0.4) is 0 Å². The van der Waals surface area contributed by atoms with Gasteiger partial charge < -0.3 is 0 Å². The van der Waals surface area contributed by atoms with Crippen LogP contribution in [0.2, 0.25) is 5.28 Å². The average molecular weight is 351 g/mol. The monoisotopic (exact) mass is 349 g/mol. The number of aryl methyl sites for hydroxylation is 1. The number of para-hydroxylation sites is 1. The zero-order valence-electron chi connectivity index (χ0n) is 7.71. The highest BCUT2D eigenvalue weighted by Gasteiger charge is 2.13. The van der Waals surface area contributed by atoms with Gasteiger partial charge in [0.25, 0.3) is 0 Å². The van der Waals surface area contributed by atoms with E-state index >= 15 is 0 Å². The van der Waals surface area contributed by atoms with Crippen molar-refractivity contribution in [3.63, 3.8) is 0 Å². The van der Waals surface area contributed by atoms with Crippen LogP contribution in [0, 0.1) is 6.92 Å². The van der Waals surface area contributed by atoms with E-state index in [1.165, 1.54) is 0 Å². The fraction of sp³-hybridized carbons (Fsp3) is 0.111. The van der Waals surface area contributed by atoms with Crippen molar-refractivity contribution in [1.82, 2.24) is 14.8 Å². The van der Waals surface area contributed by atoms with Gasteiger partial charge in [-0.3, -0.25) is 4.57 Å². The van der Waals surface area contributed by atoms with Gasteiger partial charge in [-0.2, -0.15) is 0 Å². The number of aromatic nitrogens is 3. The number of hydrogen-bond acceptors (Lipinski definition) is 2. The maximum atomic E-state index is 5.97. The maximum Gasteiger partial charge on any atom is 0.229 e. The molecule has 0 amide bonds. The van der Waals surface area contributed by atoms with E-state index in [9.17, 15) is 0 Å². The summed E-state index contributed by atoms with van der Waals surface area (Å²) >= 11 is 12.9. The van der Waals surface area contributed by atoms with Gasteiger partial charge in [0.15, 0.2) is 0 Å². The molecule has 2 aromatic rings. The first kappa shape index (κ1) is 11.1. The van der Waals surface area contributed by atoms with Crippen molar-refractivity contribution in [2.45, 2.75) is 6.92 Å². The molecule has 0 aliphatic carbocycles. The van der Waals surface area contributed by atoms with Crippen molar-refractivity contribution in [3.05, 3.63) is 38.3 Å². The second kappa shape index (κ2) is 4.23. The smallest absolute Gasteiger partial charge is 0.229 e. The number of hydrogen-bond donors (Lipinski definition) is 0. The number of rotatable bonds is 1. The summed E-state index contributed by atoms with van der Waals surface area (Å²) in [6.45, 7) is 1.85. The fourth-order valence-electron chi connectivity index (χ4n) is 1.29. The van der Waals surface area contributed by atoms with Gasteiger partial charge in [-0.05, 0) is 62.5 Å². The molecular weight excluding hydrogens is 345 g/mol. The molecule has 0 aliphatic rings. The van der Waals surface area contributed by atoms with Crippen molar-refractivity contribution >= 4 is 43.5 Å². The van der Waals surface area contributed by atoms with Gasteiger partial charge in [-0.25, -0.2) is 0 Å². The van der Waals surface area contributed by atoms with E-state index in [1.54, 1.807) is 4.57 Å². The van der Waals surface area contributed by atoms with Gasteiger partial charge in [0, 0.05) is 8.95 Å². The highest BCUT2D eigenvalue weighted by Crippen LogP contribution is 2.31. The first-order chi connectivity index (χ1) is 7.11. The minimum absolute atomic E-state index is 0.347. The van der Waals surface area contributed by atoms with E-state index in [1.807, 2.05) is 25.1 Å². The third-order valence-electron chi connectivity index (χ3n) is 1.95. The molecule has 0 N–H and O–H groups in total. The molecule has 3 nitrogen and oxygen atoms in total. The topological polar surface area (TPSA) is 30.7 Å². The first-order valence-corrected chi connectivity index (χ1v) is 6.09. The third kappa shape index (κ3) is 1.96. The quantitative estimate of drug-likeness (QED) is 0.783. The van der Waals surface area contributed by atoms with Crippen molar-refractivity contribution in [2.24, 2.45) is 0 Å². The Labute approximate surface area is 109 Å². The Morgan fingerprint density at radius 1 is 1.20 bits per heavy atom. The fourth-order valence-corrected chi connectivity index (χ4v) is 2.89. The zero-order chi connectivity index (χ0) is 11.0. The Morgan fingerprint density at radius 2 is 1.80 bits per heavy atom. The van der Waals surface area contributed by atoms with Crippen molar-refractivity contribution < 1.29 is 0 Å². The number of halogens is 3. The summed E-state index contributed by atoms with van der Waals surface area (Å²) in [5, 5.41) is 8.07. The lowest BCUT2D eigenvalue weighted by Gasteiger charge is -2.09. The molecule has 0 bridgehead atoms. The minimum atomic E-state index is 0.347. The Kier molecular flexibility index (Phi) is 3.13. The molecule has 1 aromatic heterocycles. The molecule has 1 aromatic carbocycles. The largest absolute Gasteiger partial charge is 0.268 e. The van der Waals surface area contributed by atoms with Gasteiger partial charge in [0.05, 0.1) is 5.69 Å². The molecule has 0 fully saturated rings. The van der Waals surface area contributed by atoms with Crippen molar-refractivity contribution in [3.8, 4) is 5.69 Å². The first-order valence-electron chi connectivity index (χ1n) is 4.13. The minimum Gasteiger partial charge on any atom is -0.268 e. The molecule has 0 radical (unpaired) electrons. The molecule has 2 rings (SSSR count). The summed E-state index contributed by atoms with van der Waals surface area (Å²) in [6, 6.07) is 5.82. The molecule has 0 atom stereocenters. The van der Waals surface area contributed by atoms with E-state index in [0.717, 1.165) is 20.5 Å². The predicted molar refractivity (Wildman–Crippen MR) is 66.5 cm³/mol. The van der Waals surface area contributed by atoms with Crippen LogP contribution in [0.5, 0.6) is 0 Å². The molecule has 0 saturated heterocycles. The van der Waals surface area contributed by atoms with Crippen LogP contribution in [0.1, 0.15) is 5.82 Å². The number of benzene rings is 1. The third-order valence-corrected chi connectivity index (χ3v) is 3.47. The second-order valence-corrected chi connectivity index (χ2v) is 4.97. The van der Waals surface area contributed by atoms with Crippen LogP contribution in [-0.2, 0) is 0 Å². The van der Waals surface area contributed by atoms with Gasteiger partial charge in [-0.15, -0.1) is 10.2 Å². The lowest BCUT2D eigenvalue weighted by atomic mass is 10.3. The zero-order valence-corrected chi connectivity index (χ0v) is 11.6. The lowest BCUT2D eigenvalue weighted by molar-refractivity contribution is 0.961. The van der Waals surface area contributed by atoms with Gasteiger partial charge >= 0.3 is 0 Å². The van der Waals surface area contributed by atoms with E-state index in [4.69, 9.17) is 11.6 Å². The maximum absolute atomic E-state index is 5.97. The summed E-state index contributed by atoms with van der Waals surface area (Å²) in [7, 11) is 0. The summed E-state index contributed by atoms with van der Waals surface area (Å²) in [6.07, 6.45) is 0. The molecule has 0 saturated carbocycles. The number of nitrogens with zero attached hydrogens (tertiary/aromatic N) is 3. The predicted octanol–water partition coefficient (Wildman–Crippen LogP) is 3.75. The van der Waals surface area contributed by atoms with Crippen LogP contribution in [0.4, 0.5) is 0 Å². The Hall–Kier alpha value is -0.390. The highest BCUT2D eigenvalue weighted by atomic mass is 79.9. The Balaban J connectivity index is 2.74. The van der Waals surface area contributed by atoms with Crippen LogP contribution in [-0.4, -0.2) is 14.8 Å². The van der Waals surface area contributed by atoms with Crippen molar-refractivity contribution in [1.29, 1.82) is 0 Å². The summed E-state index contributed by atoms with van der Waals surface area (Å²) in [4.78, 5) is 0. The van der Waals surface area contributed by atoms with Gasteiger partial charge in [0.2, 0.25) is 5.28 Å². The molecule has 15 heavy (non-hydrogen) atoms. The molecule has 0 aliphatic heterocycles. The van der Waals surface area contributed by atoms with Crippen LogP contribution in [0.15, 0.2) is 27.1 Å². The SMILES string of the molecule is Cc1nnc(Cl)n1-c1c(Br)cccc1Br. The Bertz CT molecular complexity index is 470. The molecule has 0 spiro atoms. The second-order valence-electron chi connectivity index (χ2n) is 2.92. The Morgan fingerprint density at radius 3 is 2.27 bits per heavy atom. The summed E-state index contributed by atoms with van der Waals surface area (Å²) in [5.41, 5.74) is 0.907. The summed E-state index contributed by atoms with van der Waals surface area (Å²) in [5.74, 6) is 0.743. The van der Waals surface area contributed by atoms with E-state index in [-0.39, 0.29) is 0 Å².